The van der Waals surface area contributed by atoms with Crippen molar-refractivity contribution in [3.05, 3.63) is 30.1 Å². The third kappa shape index (κ3) is 3.27. The third-order valence-corrected chi connectivity index (χ3v) is 3.43. The molecule has 2 rings (SSSR count). The zero-order valence-electron chi connectivity index (χ0n) is 10.6. The van der Waals surface area contributed by atoms with Crippen LogP contribution in [0.4, 0.5) is 0 Å². The number of carboxylic acid groups (broad SMARTS) is 1. The highest BCUT2D eigenvalue weighted by atomic mass is 16.4. The molecule has 1 aliphatic rings. The van der Waals surface area contributed by atoms with Gasteiger partial charge >= 0.3 is 5.97 Å². The lowest BCUT2D eigenvalue weighted by atomic mass is 10.1. The van der Waals surface area contributed by atoms with Crippen LogP contribution in [0.5, 0.6) is 0 Å². The molecule has 1 N–H and O–H groups in total. The van der Waals surface area contributed by atoms with Gasteiger partial charge in [-0.1, -0.05) is 6.07 Å². The highest BCUT2D eigenvalue weighted by Gasteiger charge is 2.23. The van der Waals surface area contributed by atoms with Crippen molar-refractivity contribution < 1.29 is 9.90 Å². The predicted molar refractivity (Wildman–Crippen MR) is 68.3 cm³/mol. The Labute approximate surface area is 107 Å². The minimum Gasteiger partial charge on any atom is -0.480 e. The van der Waals surface area contributed by atoms with Gasteiger partial charge in [-0.15, -0.1) is 0 Å². The highest BCUT2D eigenvalue weighted by Crippen LogP contribution is 2.19. The lowest BCUT2D eigenvalue weighted by Gasteiger charge is -2.37. The monoisotopic (exact) mass is 249 g/mol. The molecule has 0 bridgehead atoms. The largest absolute Gasteiger partial charge is 0.480 e. The van der Waals surface area contributed by atoms with Crippen LogP contribution in [0.25, 0.3) is 0 Å². The molecule has 1 fully saturated rings. The number of aromatic nitrogens is 1. The Morgan fingerprint density at radius 1 is 1.39 bits per heavy atom. The topological polar surface area (TPSA) is 56.7 Å². The molecule has 1 saturated heterocycles. The van der Waals surface area contributed by atoms with Crippen LogP contribution in [0.3, 0.4) is 0 Å². The van der Waals surface area contributed by atoms with E-state index < -0.39 is 5.97 Å². The Morgan fingerprint density at radius 3 is 2.67 bits per heavy atom. The summed E-state index contributed by atoms with van der Waals surface area (Å²) in [5.41, 5.74) is 1.07. The number of carbonyl (C=O) groups is 1. The molecule has 1 aliphatic heterocycles. The number of nitrogens with zero attached hydrogens (tertiary/aromatic N) is 3. The molecule has 1 atom stereocenters. The third-order valence-electron chi connectivity index (χ3n) is 3.43. The molecule has 0 aliphatic carbocycles. The van der Waals surface area contributed by atoms with Crippen molar-refractivity contribution in [1.29, 1.82) is 0 Å². The van der Waals surface area contributed by atoms with Gasteiger partial charge in [0.25, 0.3) is 0 Å². The molecule has 0 radical (unpaired) electrons. The summed E-state index contributed by atoms with van der Waals surface area (Å²) in [4.78, 5) is 19.3. The van der Waals surface area contributed by atoms with Crippen LogP contribution in [-0.4, -0.2) is 58.6 Å². The van der Waals surface area contributed by atoms with Crippen molar-refractivity contribution >= 4 is 5.97 Å². The Balaban J connectivity index is 1.88. The second kappa shape index (κ2) is 5.93. The number of hydrogen-bond donors (Lipinski definition) is 1. The zero-order chi connectivity index (χ0) is 13.0. The lowest BCUT2D eigenvalue weighted by molar-refractivity contribution is -0.138. The Bertz CT molecular complexity index is 388. The molecule has 1 aromatic heterocycles. The fourth-order valence-corrected chi connectivity index (χ4v) is 2.31. The first-order chi connectivity index (χ1) is 8.66. The number of aliphatic carboxylic acids is 1. The van der Waals surface area contributed by atoms with E-state index in [9.17, 15) is 4.79 Å². The molecule has 0 aromatic carbocycles. The summed E-state index contributed by atoms with van der Waals surface area (Å²) in [6.07, 6.45) is 1.81. The van der Waals surface area contributed by atoms with Crippen LogP contribution in [-0.2, 0) is 4.79 Å². The average Bonchev–Trinajstić information content (AvgIpc) is 2.39. The summed E-state index contributed by atoms with van der Waals surface area (Å²) in [6, 6.07) is 6.24. The van der Waals surface area contributed by atoms with Crippen molar-refractivity contribution in [3.63, 3.8) is 0 Å². The van der Waals surface area contributed by atoms with Crippen LogP contribution in [0.1, 0.15) is 18.7 Å². The van der Waals surface area contributed by atoms with E-state index in [2.05, 4.69) is 16.8 Å². The predicted octanol–water partition coefficient (Wildman–Crippen LogP) is 0.845. The van der Waals surface area contributed by atoms with Gasteiger partial charge in [0, 0.05) is 38.4 Å². The average molecular weight is 249 g/mol. The molecule has 98 valence electrons. The van der Waals surface area contributed by atoms with E-state index >= 15 is 0 Å². The van der Waals surface area contributed by atoms with Gasteiger partial charge in [-0.05, 0) is 19.1 Å². The van der Waals surface area contributed by atoms with Gasteiger partial charge < -0.3 is 5.11 Å². The van der Waals surface area contributed by atoms with Crippen molar-refractivity contribution in [1.82, 2.24) is 14.8 Å². The van der Waals surface area contributed by atoms with E-state index in [4.69, 9.17) is 5.11 Å². The van der Waals surface area contributed by atoms with E-state index in [-0.39, 0.29) is 12.6 Å². The molecular formula is C13H19N3O2. The van der Waals surface area contributed by atoms with E-state index in [1.807, 2.05) is 29.3 Å². The minimum atomic E-state index is -0.749. The molecule has 5 heteroatoms. The van der Waals surface area contributed by atoms with Gasteiger partial charge in [-0.2, -0.15) is 0 Å². The fraction of sp³-hybridized carbons (Fsp3) is 0.538. The quantitative estimate of drug-likeness (QED) is 0.857. The number of rotatable bonds is 4. The van der Waals surface area contributed by atoms with Crippen molar-refractivity contribution in [2.24, 2.45) is 0 Å². The number of piperazine rings is 1. The molecule has 1 aromatic rings. The standard InChI is InChI=1S/C13H19N3O2/c1-11(12-4-2-3-5-14-12)16-8-6-15(7-9-16)10-13(17)18/h2-5,11H,6-10H2,1H3,(H,17,18). The number of hydrogen-bond acceptors (Lipinski definition) is 4. The van der Waals surface area contributed by atoms with Gasteiger partial charge in [-0.3, -0.25) is 19.6 Å². The smallest absolute Gasteiger partial charge is 0.317 e. The molecule has 0 spiro atoms. The van der Waals surface area contributed by atoms with E-state index in [1.165, 1.54) is 0 Å². The van der Waals surface area contributed by atoms with Gasteiger partial charge in [0.2, 0.25) is 0 Å². The van der Waals surface area contributed by atoms with Crippen molar-refractivity contribution in [2.75, 3.05) is 32.7 Å². The van der Waals surface area contributed by atoms with E-state index in [0.717, 1.165) is 31.9 Å². The SMILES string of the molecule is CC(c1ccccn1)N1CCN(CC(=O)O)CC1. The maximum absolute atomic E-state index is 10.6. The summed E-state index contributed by atoms with van der Waals surface area (Å²) in [7, 11) is 0. The first-order valence-corrected chi connectivity index (χ1v) is 6.26. The number of carboxylic acids is 1. The Morgan fingerprint density at radius 2 is 2.11 bits per heavy atom. The van der Waals surface area contributed by atoms with Gasteiger partial charge in [0.15, 0.2) is 0 Å². The number of pyridine rings is 1. The first kappa shape index (κ1) is 13.0. The maximum Gasteiger partial charge on any atom is 0.317 e. The van der Waals surface area contributed by atoms with Crippen molar-refractivity contribution in [2.45, 2.75) is 13.0 Å². The van der Waals surface area contributed by atoms with E-state index in [1.54, 1.807) is 0 Å². The molecule has 1 unspecified atom stereocenters. The van der Waals surface area contributed by atoms with Crippen LogP contribution in [0, 0.1) is 0 Å². The summed E-state index contributed by atoms with van der Waals surface area (Å²) in [5, 5.41) is 8.75. The molecule has 0 saturated carbocycles. The zero-order valence-corrected chi connectivity index (χ0v) is 10.6. The van der Waals surface area contributed by atoms with Crippen molar-refractivity contribution in [3.8, 4) is 0 Å². The van der Waals surface area contributed by atoms with Crippen LogP contribution in [0.2, 0.25) is 0 Å². The van der Waals surface area contributed by atoms with Crippen LogP contribution in [0.15, 0.2) is 24.4 Å². The second-order valence-electron chi connectivity index (χ2n) is 4.64. The molecule has 5 nitrogen and oxygen atoms in total. The summed E-state index contributed by atoms with van der Waals surface area (Å²) in [6.45, 7) is 5.70. The minimum absolute atomic E-state index is 0.145. The fourth-order valence-electron chi connectivity index (χ4n) is 2.31. The van der Waals surface area contributed by atoms with Gasteiger partial charge in [-0.25, -0.2) is 0 Å². The molecular weight excluding hydrogens is 230 g/mol. The van der Waals surface area contributed by atoms with E-state index in [0.29, 0.717) is 0 Å². The van der Waals surface area contributed by atoms with Crippen LogP contribution < -0.4 is 0 Å². The highest BCUT2D eigenvalue weighted by molar-refractivity contribution is 5.69. The molecule has 18 heavy (non-hydrogen) atoms. The first-order valence-electron chi connectivity index (χ1n) is 6.26. The normalized spacial score (nSPS) is 19.6. The summed E-state index contributed by atoms with van der Waals surface area (Å²) < 4.78 is 0. The van der Waals surface area contributed by atoms with Crippen LogP contribution >= 0.6 is 0 Å². The Kier molecular flexibility index (Phi) is 4.28. The molecule has 0 amide bonds. The Hall–Kier alpha value is -1.46. The van der Waals surface area contributed by atoms with Gasteiger partial charge in [0.05, 0.1) is 12.2 Å². The lowest BCUT2D eigenvalue weighted by Crippen LogP contribution is -2.48. The molecule has 2 heterocycles. The second-order valence-corrected chi connectivity index (χ2v) is 4.64. The maximum atomic E-state index is 10.6. The van der Waals surface area contributed by atoms with Gasteiger partial charge in [0.1, 0.15) is 0 Å². The summed E-state index contributed by atoms with van der Waals surface area (Å²) in [5.74, 6) is -0.749. The summed E-state index contributed by atoms with van der Waals surface area (Å²) >= 11 is 0.